The van der Waals surface area contributed by atoms with E-state index in [1.54, 1.807) is 12.1 Å². The number of hydrogen-bond acceptors (Lipinski definition) is 3. The summed E-state index contributed by atoms with van der Waals surface area (Å²) in [5.41, 5.74) is 2.70. The summed E-state index contributed by atoms with van der Waals surface area (Å²) in [6.45, 7) is 4.79. The van der Waals surface area contributed by atoms with E-state index in [0.717, 1.165) is 43.5 Å². The van der Waals surface area contributed by atoms with Crippen LogP contribution in [-0.4, -0.2) is 36.7 Å². The quantitative estimate of drug-likeness (QED) is 0.726. The number of amides is 1. The molecular weight excluding hydrogens is 343 g/mol. The lowest BCUT2D eigenvalue weighted by Gasteiger charge is -2.35. The minimum Gasteiger partial charge on any atom is -0.371 e. The molecule has 2 aromatic carbocycles. The highest BCUT2D eigenvalue weighted by molar-refractivity contribution is 5.79. The van der Waals surface area contributed by atoms with Gasteiger partial charge in [-0.3, -0.25) is 9.59 Å². The molecule has 27 heavy (non-hydrogen) atoms. The molecule has 142 valence electrons. The van der Waals surface area contributed by atoms with Gasteiger partial charge in [-0.05, 0) is 61.7 Å². The zero-order chi connectivity index (χ0) is 19.2. The minimum absolute atomic E-state index is 0.0240. The van der Waals surface area contributed by atoms with Gasteiger partial charge < -0.3 is 9.80 Å². The summed E-state index contributed by atoms with van der Waals surface area (Å²) in [4.78, 5) is 27.8. The van der Waals surface area contributed by atoms with Gasteiger partial charge in [0.15, 0.2) is 0 Å². The van der Waals surface area contributed by atoms with Crippen LogP contribution in [0, 0.1) is 11.7 Å². The standard InChI is InChI=1S/C22H25FN2O2/c1-2-24(15-17-3-7-20(23)8-4-17)22(27)19-11-13-25(14-12-19)21-9-5-18(16-26)6-10-21/h3-10,16,19H,2,11-15H2,1H3. The van der Waals surface area contributed by atoms with Crippen molar-refractivity contribution in [2.45, 2.75) is 26.3 Å². The molecule has 0 atom stereocenters. The van der Waals surface area contributed by atoms with Crippen molar-refractivity contribution in [3.63, 3.8) is 0 Å². The van der Waals surface area contributed by atoms with Gasteiger partial charge in [0, 0.05) is 43.3 Å². The first kappa shape index (κ1) is 19.1. The van der Waals surface area contributed by atoms with E-state index in [0.29, 0.717) is 18.7 Å². The lowest BCUT2D eigenvalue weighted by molar-refractivity contribution is -0.136. The Balaban J connectivity index is 1.57. The summed E-state index contributed by atoms with van der Waals surface area (Å²) >= 11 is 0. The van der Waals surface area contributed by atoms with E-state index >= 15 is 0 Å². The molecule has 1 aliphatic heterocycles. The largest absolute Gasteiger partial charge is 0.371 e. The van der Waals surface area contributed by atoms with Crippen LogP contribution in [0.1, 0.15) is 35.7 Å². The second-order valence-corrected chi connectivity index (χ2v) is 6.95. The number of nitrogens with zero attached hydrogens (tertiary/aromatic N) is 2. The van der Waals surface area contributed by atoms with Crippen LogP contribution in [0.3, 0.4) is 0 Å². The van der Waals surface area contributed by atoms with Gasteiger partial charge in [-0.2, -0.15) is 0 Å². The average molecular weight is 368 g/mol. The molecule has 1 heterocycles. The summed E-state index contributed by atoms with van der Waals surface area (Å²) < 4.78 is 13.1. The maximum Gasteiger partial charge on any atom is 0.226 e. The fraction of sp³-hybridized carbons (Fsp3) is 0.364. The second kappa shape index (κ2) is 8.80. The Morgan fingerprint density at radius 2 is 1.74 bits per heavy atom. The van der Waals surface area contributed by atoms with E-state index in [9.17, 15) is 14.0 Å². The summed E-state index contributed by atoms with van der Waals surface area (Å²) in [5, 5.41) is 0. The molecule has 0 aromatic heterocycles. The zero-order valence-corrected chi connectivity index (χ0v) is 15.6. The molecular formula is C22H25FN2O2. The Bertz CT molecular complexity index is 766. The van der Waals surface area contributed by atoms with E-state index in [-0.39, 0.29) is 17.6 Å². The monoisotopic (exact) mass is 368 g/mol. The van der Waals surface area contributed by atoms with Crippen molar-refractivity contribution < 1.29 is 14.0 Å². The van der Waals surface area contributed by atoms with E-state index in [4.69, 9.17) is 0 Å². The topological polar surface area (TPSA) is 40.6 Å². The van der Waals surface area contributed by atoms with E-state index in [1.807, 2.05) is 36.1 Å². The summed E-state index contributed by atoms with van der Waals surface area (Å²) in [5.74, 6) is -0.0599. The lowest BCUT2D eigenvalue weighted by atomic mass is 9.94. The summed E-state index contributed by atoms with van der Waals surface area (Å²) in [6, 6.07) is 13.9. The smallest absolute Gasteiger partial charge is 0.226 e. The van der Waals surface area contributed by atoms with Gasteiger partial charge >= 0.3 is 0 Å². The first-order chi connectivity index (χ1) is 13.1. The average Bonchev–Trinajstić information content (AvgIpc) is 2.73. The van der Waals surface area contributed by atoms with Crippen molar-refractivity contribution in [1.82, 2.24) is 4.90 Å². The molecule has 1 amide bonds. The Morgan fingerprint density at radius 1 is 1.11 bits per heavy atom. The third-order valence-electron chi connectivity index (χ3n) is 5.22. The molecule has 1 saturated heterocycles. The van der Waals surface area contributed by atoms with Crippen LogP contribution in [0.5, 0.6) is 0 Å². The number of rotatable bonds is 6. The van der Waals surface area contributed by atoms with Gasteiger partial charge in [0.2, 0.25) is 5.91 Å². The van der Waals surface area contributed by atoms with Crippen molar-refractivity contribution in [3.05, 3.63) is 65.5 Å². The van der Waals surface area contributed by atoms with Crippen LogP contribution < -0.4 is 4.90 Å². The molecule has 0 N–H and O–H groups in total. The number of halogens is 1. The molecule has 5 heteroatoms. The maximum absolute atomic E-state index is 13.1. The number of benzene rings is 2. The van der Waals surface area contributed by atoms with Gasteiger partial charge in [-0.25, -0.2) is 4.39 Å². The fourth-order valence-corrected chi connectivity index (χ4v) is 3.56. The molecule has 4 nitrogen and oxygen atoms in total. The van der Waals surface area contributed by atoms with Crippen LogP contribution in [0.4, 0.5) is 10.1 Å². The number of aldehydes is 1. The molecule has 0 radical (unpaired) electrons. The summed E-state index contributed by atoms with van der Waals surface area (Å²) in [6.07, 6.45) is 2.47. The molecule has 3 rings (SSSR count). The first-order valence-electron chi connectivity index (χ1n) is 9.44. The van der Waals surface area contributed by atoms with Crippen LogP contribution in [0.2, 0.25) is 0 Å². The summed E-state index contributed by atoms with van der Waals surface area (Å²) in [7, 11) is 0. The highest BCUT2D eigenvalue weighted by atomic mass is 19.1. The van der Waals surface area contributed by atoms with Crippen molar-refractivity contribution in [2.75, 3.05) is 24.5 Å². The van der Waals surface area contributed by atoms with Gasteiger partial charge in [-0.1, -0.05) is 12.1 Å². The third-order valence-corrected chi connectivity index (χ3v) is 5.22. The number of carbonyl (C=O) groups is 2. The van der Waals surface area contributed by atoms with E-state index in [1.165, 1.54) is 12.1 Å². The lowest BCUT2D eigenvalue weighted by Crippen LogP contribution is -2.42. The van der Waals surface area contributed by atoms with Crippen LogP contribution in [0.25, 0.3) is 0 Å². The van der Waals surface area contributed by atoms with Crippen LogP contribution in [0.15, 0.2) is 48.5 Å². The molecule has 0 aliphatic carbocycles. The predicted molar refractivity (Wildman–Crippen MR) is 104 cm³/mol. The number of hydrogen-bond donors (Lipinski definition) is 0. The Morgan fingerprint density at radius 3 is 2.30 bits per heavy atom. The second-order valence-electron chi connectivity index (χ2n) is 6.95. The van der Waals surface area contributed by atoms with Gasteiger partial charge in [0.05, 0.1) is 0 Å². The Kier molecular flexibility index (Phi) is 6.22. The van der Waals surface area contributed by atoms with Gasteiger partial charge in [-0.15, -0.1) is 0 Å². The Hall–Kier alpha value is -2.69. The van der Waals surface area contributed by atoms with Crippen molar-refractivity contribution in [3.8, 4) is 0 Å². The first-order valence-corrected chi connectivity index (χ1v) is 9.44. The minimum atomic E-state index is -0.262. The highest BCUT2D eigenvalue weighted by Gasteiger charge is 2.28. The third kappa shape index (κ3) is 4.73. The van der Waals surface area contributed by atoms with Crippen LogP contribution >= 0.6 is 0 Å². The van der Waals surface area contributed by atoms with Crippen molar-refractivity contribution >= 4 is 17.9 Å². The maximum atomic E-state index is 13.1. The van der Waals surface area contributed by atoms with Gasteiger partial charge in [0.1, 0.15) is 12.1 Å². The molecule has 0 saturated carbocycles. The number of piperidine rings is 1. The van der Waals surface area contributed by atoms with Crippen LogP contribution in [-0.2, 0) is 11.3 Å². The fourth-order valence-electron chi connectivity index (χ4n) is 3.56. The molecule has 1 aliphatic rings. The van der Waals surface area contributed by atoms with Crippen molar-refractivity contribution in [1.29, 1.82) is 0 Å². The van der Waals surface area contributed by atoms with Crippen molar-refractivity contribution in [2.24, 2.45) is 5.92 Å². The normalized spacial score (nSPS) is 14.8. The number of anilines is 1. The van der Waals surface area contributed by atoms with Gasteiger partial charge in [0.25, 0.3) is 0 Å². The molecule has 2 aromatic rings. The molecule has 0 bridgehead atoms. The SMILES string of the molecule is CCN(Cc1ccc(F)cc1)C(=O)C1CCN(c2ccc(C=O)cc2)CC1. The van der Waals surface area contributed by atoms with E-state index < -0.39 is 0 Å². The van der Waals surface area contributed by atoms with E-state index in [2.05, 4.69) is 4.90 Å². The number of carbonyl (C=O) groups excluding carboxylic acids is 2. The molecule has 0 spiro atoms. The predicted octanol–water partition coefficient (Wildman–Crippen LogP) is 3.90. The Labute approximate surface area is 159 Å². The molecule has 0 unspecified atom stereocenters. The highest BCUT2D eigenvalue weighted by Crippen LogP contribution is 2.25. The molecule has 1 fully saturated rings. The zero-order valence-electron chi connectivity index (χ0n) is 15.6.